The van der Waals surface area contributed by atoms with Crippen molar-refractivity contribution >= 4 is 49.7 Å². The van der Waals surface area contributed by atoms with E-state index in [0.717, 1.165) is 41.1 Å². The molecular weight excluding hydrogens is 513 g/mol. The molecule has 0 unspecified atom stereocenters. The Kier molecular flexibility index (Phi) is 5.54. The van der Waals surface area contributed by atoms with Gasteiger partial charge in [0.25, 0.3) is 0 Å². The second-order valence-electron chi connectivity index (χ2n) is 9.53. The number of benzene rings is 1. The van der Waals surface area contributed by atoms with Crippen LogP contribution in [0.4, 0.5) is 25.3 Å². The van der Waals surface area contributed by atoms with Gasteiger partial charge in [0.1, 0.15) is 22.5 Å². The summed E-state index contributed by atoms with van der Waals surface area (Å²) in [6.45, 7) is 5.10. The number of rotatable bonds is 5. The van der Waals surface area contributed by atoms with Gasteiger partial charge >= 0.3 is 6.03 Å². The van der Waals surface area contributed by atoms with Crippen LogP contribution < -0.4 is 15.5 Å². The predicted molar refractivity (Wildman–Crippen MR) is 141 cm³/mol. The number of nitrogens with two attached hydrogens (primary N) is 1. The summed E-state index contributed by atoms with van der Waals surface area (Å²) >= 11 is 2.81. The third-order valence-corrected chi connectivity index (χ3v) is 9.09. The molecule has 1 spiro atoms. The van der Waals surface area contributed by atoms with E-state index >= 15 is 0 Å². The number of thiazole rings is 1. The molecule has 0 saturated carbocycles. The number of fused-ring (bicyclic) bond motifs is 1. The highest BCUT2D eigenvalue weighted by molar-refractivity contribution is 7.20. The van der Waals surface area contributed by atoms with Gasteiger partial charge in [-0.3, -0.25) is 0 Å². The Morgan fingerprint density at radius 1 is 1.24 bits per heavy atom. The van der Waals surface area contributed by atoms with Gasteiger partial charge in [0.2, 0.25) is 10.1 Å². The number of likely N-dealkylation sites (tertiary alicyclic amines) is 1. The number of primary amides is 1. The van der Waals surface area contributed by atoms with E-state index < -0.39 is 0 Å². The third-order valence-electron chi connectivity index (χ3n) is 7.09. The first-order valence-corrected chi connectivity index (χ1v) is 13.5. The number of nitrogens with zero attached hydrogens (tertiary/aromatic N) is 8. The van der Waals surface area contributed by atoms with Gasteiger partial charge in [-0.25, -0.2) is 19.2 Å². The molecule has 6 rings (SSSR count). The molecular formula is C24H24FN9OS2. The SMILES string of the molecule is CCc1nc2sc(N3CC4(CCN(C(N)=O)C4)C3)nn2c1N(C)c1nc(-c2ccc(F)cc2)c(C#N)s1. The molecule has 10 nitrogen and oxygen atoms in total. The average Bonchev–Trinajstić information content (AvgIpc) is 3.63. The van der Waals surface area contributed by atoms with E-state index in [4.69, 9.17) is 20.8 Å². The number of hydrogen-bond donors (Lipinski definition) is 1. The molecule has 2 aliphatic rings. The number of hydrogen-bond acceptors (Lipinski definition) is 9. The zero-order valence-corrected chi connectivity index (χ0v) is 21.9. The van der Waals surface area contributed by atoms with Gasteiger partial charge in [0, 0.05) is 44.2 Å². The summed E-state index contributed by atoms with van der Waals surface area (Å²) < 4.78 is 15.3. The van der Waals surface area contributed by atoms with E-state index in [1.165, 1.54) is 34.8 Å². The lowest BCUT2D eigenvalue weighted by atomic mass is 9.79. The van der Waals surface area contributed by atoms with Crippen molar-refractivity contribution in [3.05, 3.63) is 40.7 Å². The minimum absolute atomic E-state index is 0.0856. The summed E-state index contributed by atoms with van der Waals surface area (Å²) in [6.07, 6.45) is 1.66. The number of carbonyl (C=O) groups is 1. The summed E-state index contributed by atoms with van der Waals surface area (Å²) in [5, 5.41) is 16.1. The monoisotopic (exact) mass is 537 g/mol. The number of aryl methyl sites for hydroxylation is 1. The zero-order valence-electron chi connectivity index (χ0n) is 20.3. The van der Waals surface area contributed by atoms with Gasteiger partial charge in [-0.1, -0.05) is 29.6 Å². The maximum absolute atomic E-state index is 13.4. The first-order chi connectivity index (χ1) is 17.8. The van der Waals surface area contributed by atoms with Crippen LogP contribution in [0.5, 0.6) is 0 Å². The Morgan fingerprint density at radius 2 is 2.00 bits per heavy atom. The Morgan fingerprint density at radius 3 is 2.65 bits per heavy atom. The molecule has 190 valence electrons. The van der Waals surface area contributed by atoms with Crippen molar-refractivity contribution in [1.82, 2.24) is 24.5 Å². The van der Waals surface area contributed by atoms with Crippen LogP contribution in [0.1, 0.15) is 23.9 Å². The highest BCUT2D eigenvalue weighted by Gasteiger charge is 2.49. The number of anilines is 3. The Hall–Kier alpha value is -3.76. The van der Waals surface area contributed by atoms with E-state index in [0.29, 0.717) is 40.8 Å². The predicted octanol–water partition coefficient (Wildman–Crippen LogP) is 3.85. The van der Waals surface area contributed by atoms with Crippen molar-refractivity contribution < 1.29 is 9.18 Å². The minimum Gasteiger partial charge on any atom is -0.351 e. The van der Waals surface area contributed by atoms with Crippen LogP contribution in [-0.2, 0) is 6.42 Å². The Bertz CT molecular complexity index is 1540. The van der Waals surface area contributed by atoms with Gasteiger partial charge in [0.15, 0.2) is 10.9 Å². The van der Waals surface area contributed by atoms with Crippen LogP contribution in [0.25, 0.3) is 16.2 Å². The van der Waals surface area contributed by atoms with E-state index in [1.807, 2.05) is 23.4 Å². The Balaban J connectivity index is 1.30. The summed E-state index contributed by atoms with van der Waals surface area (Å²) in [4.78, 5) is 28.2. The van der Waals surface area contributed by atoms with Gasteiger partial charge in [-0.15, -0.1) is 5.10 Å². The fourth-order valence-corrected chi connectivity index (χ4v) is 6.93. The molecule has 4 aromatic rings. The van der Waals surface area contributed by atoms with Crippen molar-refractivity contribution in [2.45, 2.75) is 19.8 Å². The number of carbonyl (C=O) groups excluding carboxylic acids is 1. The number of aromatic nitrogens is 4. The summed E-state index contributed by atoms with van der Waals surface area (Å²) in [7, 11) is 1.89. The van der Waals surface area contributed by atoms with Crippen molar-refractivity contribution in [2.75, 3.05) is 43.0 Å². The minimum atomic E-state index is -0.354. The van der Waals surface area contributed by atoms with Gasteiger partial charge in [0.05, 0.1) is 5.69 Å². The van der Waals surface area contributed by atoms with E-state index in [1.54, 1.807) is 17.0 Å². The van der Waals surface area contributed by atoms with Crippen molar-refractivity contribution in [3.8, 4) is 17.3 Å². The summed E-state index contributed by atoms with van der Waals surface area (Å²) in [5.41, 5.74) is 7.66. The molecule has 37 heavy (non-hydrogen) atoms. The first-order valence-electron chi connectivity index (χ1n) is 11.9. The molecule has 0 atom stereocenters. The number of nitriles is 1. The second-order valence-corrected chi connectivity index (χ2v) is 11.4. The van der Waals surface area contributed by atoms with Crippen LogP contribution in [-0.4, -0.2) is 63.7 Å². The zero-order chi connectivity index (χ0) is 25.9. The Labute approximate surface area is 220 Å². The smallest absolute Gasteiger partial charge is 0.314 e. The highest BCUT2D eigenvalue weighted by atomic mass is 32.1. The lowest BCUT2D eigenvalue weighted by Gasteiger charge is -2.47. The summed E-state index contributed by atoms with van der Waals surface area (Å²) in [6, 6.07) is 7.85. The largest absolute Gasteiger partial charge is 0.351 e. The molecule has 2 N–H and O–H groups in total. The van der Waals surface area contributed by atoms with Crippen molar-refractivity contribution in [1.29, 1.82) is 5.26 Å². The lowest BCUT2D eigenvalue weighted by molar-refractivity contribution is 0.193. The number of urea groups is 1. The van der Waals surface area contributed by atoms with Crippen LogP contribution >= 0.6 is 22.7 Å². The molecule has 3 aromatic heterocycles. The van der Waals surface area contributed by atoms with Crippen LogP contribution in [0.15, 0.2) is 24.3 Å². The van der Waals surface area contributed by atoms with Gasteiger partial charge in [-0.05, 0) is 37.1 Å². The standard InChI is InChI=1S/C24H24FN9OS2/c1-3-16-19(31(2)21-29-18(17(10-26)36-21)14-4-6-15(25)7-5-14)34-22(28-16)37-23(30-34)33-12-24(13-33)8-9-32(11-24)20(27)35/h4-7H,3,8-9,11-13H2,1-2H3,(H2,27,35). The second kappa shape index (κ2) is 8.67. The van der Waals surface area contributed by atoms with E-state index in [-0.39, 0.29) is 17.3 Å². The molecule has 0 radical (unpaired) electrons. The molecule has 13 heteroatoms. The first kappa shape index (κ1) is 23.6. The third kappa shape index (κ3) is 3.87. The maximum Gasteiger partial charge on any atom is 0.314 e. The molecule has 2 saturated heterocycles. The van der Waals surface area contributed by atoms with Crippen molar-refractivity contribution in [3.63, 3.8) is 0 Å². The molecule has 5 heterocycles. The maximum atomic E-state index is 13.4. The van der Waals surface area contributed by atoms with Crippen molar-refractivity contribution in [2.24, 2.45) is 11.1 Å². The normalized spacial score (nSPS) is 16.4. The average molecular weight is 538 g/mol. The van der Waals surface area contributed by atoms with E-state index in [2.05, 4.69) is 11.0 Å². The van der Waals surface area contributed by atoms with Gasteiger partial charge < -0.3 is 20.4 Å². The molecule has 2 amide bonds. The quantitative estimate of drug-likeness (QED) is 0.411. The molecule has 0 bridgehead atoms. The van der Waals surface area contributed by atoms with Crippen LogP contribution in [0, 0.1) is 22.6 Å². The van der Waals surface area contributed by atoms with Crippen LogP contribution in [0.3, 0.4) is 0 Å². The molecule has 2 fully saturated rings. The van der Waals surface area contributed by atoms with Gasteiger partial charge in [-0.2, -0.15) is 9.78 Å². The lowest BCUT2D eigenvalue weighted by Crippen LogP contribution is -2.58. The molecule has 2 aliphatic heterocycles. The fraction of sp³-hybridized carbons (Fsp3) is 0.375. The number of imidazole rings is 1. The highest BCUT2D eigenvalue weighted by Crippen LogP contribution is 2.44. The molecule has 1 aromatic carbocycles. The fourth-order valence-electron chi connectivity index (χ4n) is 5.17. The molecule has 0 aliphatic carbocycles. The number of halogens is 1. The van der Waals surface area contributed by atoms with Crippen LogP contribution in [0.2, 0.25) is 0 Å². The summed E-state index contributed by atoms with van der Waals surface area (Å²) in [5.74, 6) is 0.467. The topological polar surface area (TPSA) is 120 Å². The van der Waals surface area contributed by atoms with E-state index in [9.17, 15) is 14.4 Å². The number of amides is 2.